The van der Waals surface area contributed by atoms with Crippen molar-refractivity contribution in [3.63, 3.8) is 0 Å². The van der Waals surface area contributed by atoms with Gasteiger partial charge in [0.15, 0.2) is 16.6 Å². The normalized spacial score (nSPS) is 12.1. The lowest BCUT2D eigenvalue weighted by molar-refractivity contribution is 0.174. The molecule has 2 aromatic carbocycles. The molecule has 0 spiro atoms. The van der Waals surface area contributed by atoms with Crippen LogP contribution in [0.15, 0.2) is 42.5 Å². The molecule has 24 heavy (non-hydrogen) atoms. The molecule has 0 bridgehead atoms. The number of hydrogen-bond acceptors (Lipinski definition) is 4. The van der Waals surface area contributed by atoms with Gasteiger partial charge in [-0.15, -0.1) is 0 Å². The molecule has 0 unspecified atom stereocenters. The van der Waals surface area contributed by atoms with Crippen LogP contribution in [0, 0.1) is 0 Å². The Balaban J connectivity index is 1.54. The Hall–Kier alpha value is -2.47. The van der Waals surface area contributed by atoms with E-state index in [0.29, 0.717) is 11.7 Å². The number of benzene rings is 2. The van der Waals surface area contributed by atoms with Crippen LogP contribution in [0.25, 0.3) is 0 Å². The molecule has 6 heteroatoms. The highest BCUT2D eigenvalue weighted by Gasteiger charge is 2.13. The van der Waals surface area contributed by atoms with E-state index in [0.717, 1.165) is 28.5 Å². The van der Waals surface area contributed by atoms with Gasteiger partial charge in [0, 0.05) is 18.3 Å². The molecule has 0 aromatic heterocycles. The van der Waals surface area contributed by atoms with Crippen molar-refractivity contribution in [2.45, 2.75) is 26.5 Å². The maximum atomic E-state index is 5.68. The van der Waals surface area contributed by atoms with E-state index in [-0.39, 0.29) is 12.9 Å². The van der Waals surface area contributed by atoms with Crippen molar-refractivity contribution >= 4 is 23.0 Å². The molecule has 126 valence electrons. The number of ether oxygens (including phenoxy) is 3. The van der Waals surface area contributed by atoms with Crippen LogP contribution in [-0.2, 0) is 6.54 Å². The first kappa shape index (κ1) is 16.4. The zero-order valence-corrected chi connectivity index (χ0v) is 14.5. The molecule has 2 aromatic rings. The molecule has 1 aliphatic heterocycles. The predicted octanol–water partition coefficient (Wildman–Crippen LogP) is 3.69. The quantitative estimate of drug-likeness (QED) is 0.807. The second-order valence-electron chi connectivity index (χ2n) is 5.69. The first-order valence-corrected chi connectivity index (χ1v) is 8.21. The van der Waals surface area contributed by atoms with E-state index >= 15 is 0 Å². The summed E-state index contributed by atoms with van der Waals surface area (Å²) in [6.07, 6.45) is 0.135. The fourth-order valence-corrected chi connectivity index (χ4v) is 2.52. The summed E-state index contributed by atoms with van der Waals surface area (Å²) in [7, 11) is 0. The number of thiocarbonyl (C=S) groups is 1. The van der Waals surface area contributed by atoms with E-state index in [1.54, 1.807) is 0 Å². The number of nitrogens with one attached hydrogen (secondary N) is 2. The third-order valence-electron chi connectivity index (χ3n) is 3.35. The van der Waals surface area contributed by atoms with Gasteiger partial charge < -0.3 is 24.8 Å². The summed E-state index contributed by atoms with van der Waals surface area (Å²) in [6.45, 7) is 4.88. The minimum absolute atomic E-state index is 0.135. The lowest BCUT2D eigenvalue weighted by atomic mass is 10.2. The second kappa shape index (κ2) is 7.40. The summed E-state index contributed by atoms with van der Waals surface area (Å²) < 4.78 is 16.4. The largest absolute Gasteiger partial charge is 0.491 e. The van der Waals surface area contributed by atoms with Gasteiger partial charge in [0.05, 0.1) is 6.10 Å². The van der Waals surface area contributed by atoms with Gasteiger partial charge >= 0.3 is 0 Å². The predicted molar refractivity (Wildman–Crippen MR) is 97.8 cm³/mol. The van der Waals surface area contributed by atoms with Crippen molar-refractivity contribution in [2.75, 3.05) is 12.1 Å². The fraction of sp³-hybridized carbons (Fsp3) is 0.278. The molecular weight excluding hydrogens is 324 g/mol. The van der Waals surface area contributed by atoms with Crippen molar-refractivity contribution < 1.29 is 14.2 Å². The highest BCUT2D eigenvalue weighted by atomic mass is 32.1. The second-order valence-corrected chi connectivity index (χ2v) is 6.10. The number of anilines is 1. The summed E-state index contributed by atoms with van der Waals surface area (Å²) in [5.74, 6) is 2.36. The molecule has 3 rings (SSSR count). The molecule has 0 saturated heterocycles. The maximum Gasteiger partial charge on any atom is 0.231 e. The monoisotopic (exact) mass is 344 g/mol. The van der Waals surface area contributed by atoms with Crippen LogP contribution >= 0.6 is 12.2 Å². The Morgan fingerprint density at radius 2 is 2.00 bits per heavy atom. The number of rotatable bonds is 5. The Kier molecular flexibility index (Phi) is 5.05. The minimum Gasteiger partial charge on any atom is -0.491 e. The molecule has 0 aliphatic carbocycles. The summed E-state index contributed by atoms with van der Waals surface area (Å²) >= 11 is 5.35. The third-order valence-corrected chi connectivity index (χ3v) is 3.60. The van der Waals surface area contributed by atoms with Gasteiger partial charge in [-0.2, -0.15) is 0 Å². The first-order chi connectivity index (χ1) is 11.6. The van der Waals surface area contributed by atoms with Gasteiger partial charge in [0.2, 0.25) is 6.79 Å². The van der Waals surface area contributed by atoms with Crippen LogP contribution in [0.1, 0.15) is 19.4 Å². The SMILES string of the molecule is CC(C)Oc1cccc(NC(=S)NCc2ccc3c(c2)OCO3)c1. The van der Waals surface area contributed by atoms with Crippen LogP contribution in [0.5, 0.6) is 17.2 Å². The van der Waals surface area contributed by atoms with E-state index in [9.17, 15) is 0 Å². The van der Waals surface area contributed by atoms with Crippen LogP contribution in [0.4, 0.5) is 5.69 Å². The van der Waals surface area contributed by atoms with E-state index < -0.39 is 0 Å². The van der Waals surface area contributed by atoms with Gasteiger partial charge in [-0.25, -0.2) is 0 Å². The Morgan fingerprint density at radius 1 is 1.17 bits per heavy atom. The van der Waals surface area contributed by atoms with Gasteiger partial charge in [-0.3, -0.25) is 0 Å². The third kappa shape index (κ3) is 4.29. The van der Waals surface area contributed by atoms with Crippen LogP contribution in [0.3, 0.4) is 0 Å². The number of fused-ring (bicyclic) bond motifs is 1. The standard InChI is InChI=1S/C18H20N2O3S/c1-12(2)23-15-5-3-4-14(9-15)20-18(24)19-10-13-6-7-16-17(8-13)22-11-21-16/h3-9,12H,10-11H2,1-2H3,(H2,19,20,24). The molecule has 2 N–H and O–H groups in total. The van der Waals surface area contributed by atoms with Crippen molar-refractivity contribution in [3.05, 3.63) is 48.0 Å². The van der Waals surface area contributed by atoms with Crippen molar-refractivity contribution in [3.8, 4) is 17.2 Å². The molecule has 0 saturated carbocycles. The summed E-state index contributed by atoms with van der Waals surface area (Å²) in [4.78, 5) is 0. The average molecular weight is 344 g/mol. The Bertz CT molecular complexity index is 734. The van der Waals surface area contributed by atoms with Crippen LogP contribution < -0.4 is 24.8 Å². The molecule has 0 radical (unpaired) electrons. The average Bonchev–Trinajstić information content (AvgIpc) is 3.00. The smallest absolute Gasteiger partial charge is 0.231 e. The molecule has 5 nitrogen and oxygen atoms in total. The van der Waals surface area contributed by atoms with Crippen molar-refractivity contribution in [2.24, 2.45) is 0 Å². The molecular formula is C18H20N2O3S. The van der Waals surface area contributed by atoms with E-state index in [1.165, 1.54) is 0 Å². The topological polar surface area (TPSA) is 51.8 Å². The first-order valence-electron chi connectivity index (χ1n) is 7.80. The number of hydrogen-bond donors (Lipinski definition) is 2. The highest BCUT2D eigenvalue weighted by molar-refractivity contribution is 7.80. The van der Waals surface area contributed by atoms with Gasteiger partial charge in [0.25, 0.3) is 0 Å². The summed E-state index contributed by atoms with van der Waals surface area (Å²) in [5.41, 5.74) is 1.96. The molecule has 1 aliphatic rings. The highest BCUT2D eigenvalue weighted by Crippen LogP contribution is 2.32. The summed E-state index contributed by atoms with van der Waals surface area (Å²) in [6, 6.07) is 13.6. The zero-order valence-electron chi connectivity index (χ0n) is 13.7. The molecule has 0 amide bonds. The van der Waals surface area contributed by atoms with E-state index in [2.05, 4.69) is 10.6 Å². The van der Waals surface area contributed by atoms with Crippen molar-refractivity contribution in [1.29, 1.82) is 0 Å². The van der Waals surface area contributed by atoms with Crippen LogP contribution in [-0.4, -0.2) is 18.0 Å². The van der Waals surface area contributed by atoms with Crippen molar-refractivity contribution in [1.82, 2.24) is 5.32 Å². The Labute approximate surface area is 146 Å². The lowest BCUT2D eigenvalue weighted by Gasteiger charge is -2.13. The van der Waals surface area contributed by atoms with Gasteiger partial charge in [-0.05, 0) is 55.9 Å². The van der Waals surface area contributed by atoms with Gasteiger partial charge in [0.1, 0.15) is 5.75 Å². The lowest BCUT2D eigenvalue weighted by Crippen LogP contribution is -2.27. The zero-order chi connectivity index (χ0) is 16.9. The molecule has 0 fully saturated rings. The van der Waals surface area contributed by atoms with E-state index in [1.807, 2.05) is 56.3 Å². The molecule has 1 heterocycles. The van der Waals surface area contributed by atoms with E-state index in [4.69, 9.17) is 26.4 Å². The Morgan fingerprint density at radius 3 is 2.83 bits per heavy atom. The summed E-state index contributed by atoms with van der Waals surface area (Å²) in [5, 5.41) is 6.89. The minimum atomic E-state index is 0.135. The maximum absolute atomic E-state index is 5.68. The van der Waals surface area contributed by atoms with Crippen LogP contribution in [0.2, 0.25) is 0 Å². The van der Waals surface area contributed by atoms with Gasteiger partial charge in [-0.1, -0.05) is 12.1 Å². The fourth-order valence-electron chi connectivity index (χ4n) is 2.33. The molecule has 0 atom stereocenters.